The van der Waals surface area contributed by atoms with E-state index in [0.717, 1.165) is 16.5 Å². The van der Waals surface area contributed by atoms with Crippen LogP contribution >= 0.6 is 15.9 Å². The van der Waals surface area contributed by atoms with Gasteiger partial charge in [-0.15, -0.1) is 0 Å². The molecule has 0 atom stereocenters. The molecular formula is C15H11BrO3. The molecule has 0 aromatic heterocycles. The average Bonchev–Trinajstić information content (AvgIpc) is 2.86. The van der Waals surface area contributed by atoms with Crippen molar-refractivity contribution in [1.29, 1.82) is 0 Å². The highest BCUT2D eigenvalue weighted by molar-refractivity contribution is 9.10. The van der Waals surface area contributed by atoms with E-state index in [1.807, 2.05) is 24.3 Å². The van der Waals surface area contributed by atoms with Crippen molar-refractivity contribution in [3.63, 3.8) is 0 Å². The highest BCUT2D eigenvalue weighted by Gasteiger charge is 2.23. The summed E-state index contributed by atoms with van der Waals surface area (Å²) < 4.78 is 11.7. The summed E-state index contributed by atoms with van der Waals surface area (Å²) in [6.45, 7) is 0.609. The van der Waals surface area contributed by atoms with E-state index < -0.39 is 5.97 Å². The first-order valence-electron chi connectivity index (χ1n) is 5.96. The Balaban J connectivity index is 1.92. The summed E-state index contributed by atoms with van der Waals surface area (Å²) in [5.41, 5.74) is 1.50. The molecule has 3 nitrogen and oxygen atoms in total. The number of carbonyl (C=O) groups excluding carboxylic acids is 1. The Morgan fingerprint density at radius 3 is 2.79 bits per heavy atom. The third kappa shape index (κ3) is 2.49. The minimum atomic E-state index is -0.398. The number of hydrogen-bond acceptors (Lipinski definition) is 3. The van der Waals surface area contributed by atoms with Gasteiger partial charge in [-0.3, -0.25) is 0 Å². The molecule has 0 N–H and O–H groups in total. The van der Waals surface area contributed by atoms with E-state index in [4.69, 9.17) is 9.47 Å². The molecule has 1 aliphatic rings. The summed E-state index contributed by atoms with van der Waals surface area (Å²) in [5, 5.41) is 0. The second-order valence-corrected chi connectivity index (χ2v) is 5.16. The van der Waals surface area contributed by atoms with Gasteiger partial charge < -0.3 is 9.47 Å². The van der Waals surface area contributed by atoms with Crippen LogP contribution in [0.1, 0.15) is 15.9 Å². The molecule has 3 rings (SSSR count). The lowest BCUT2D eigenvalue weighted by Crippen LogP contribution is -2.10. The lowest BCUT2D eigenvalue weighted by Gasteiger charge is -2.09. The summed E-state index contributed by atoms with van der Waals surface area (Å²) >= 11 is 3.41. The number of ether oxygens (including phenoxy) is 2. The predicted molar refractivity (Wildman–Crippen MR) is 74.7 cm³/mol. The van der Waals surface area contributed by atoms with Gasteiger partial charge in [0.25, 0.3) is 0 Å². The van der Waals surface area contributed by atoms with Crippen molar-refractivity contribution in [2.45, 2.75) is 6.42 Å². The Kier molecular flexibility index (Phi) is 3.25. The predicted octanol–water partition coefficient (Wildman–Crippen LogP) is 3.60. The fourth-order valence-corrected chi connectivity index (χ4v) is 2.58. The minimum absolute atomic E-state index is 0.398. The molecule has 19 heavy (non-hydrogen) atoms. The standard InChI is InChI=1S/C15H11BrO3/c16-11-8-10-6-7-18-14(10)13(9-11)15(17)19-12-4-2-1-3-5-12/h1-5,8-9H,6-7H2. The number of para-hydroxylation sites is 1. The van der Waals surface area contributed by atoms with Gasteiger partial charge in [0.2, 0.25) is 0 Å². The number of rotatable bonds is 2. The van der Waals surface area contributed by atoms with Crippen LogP contribution in [0.2, 0.25) is 0 Å². The molecule has 2 aromatic carbocycles. The third-order valence-electron chi connectivity index (χ3n) is 2.92. The Labute approximate surface area is 119 Å². The number of halogens is 1. The molecule has 0 amide bonds. The highest BCUT2D eigenvalue weighted by Crippen LogP contribution is 2.33. The van der Waals surface area contributed by atoms with E-state index in [-0.39, 0.29) is 0 Å². The zero-order chi connectivity index (χ0) is 13.2. The molecule has 1 heterocycles. The molecule has 0 saturated carbocycles. The Hall–Kier alpha value is -1.81. The van der Waals surface area contributed by atoms with Crippen LogP contribution in [0.4, 0.5) is 0 Å². The van der Waals surface area contributed by atoms with E-state index in [2.05, 4.69) is 15.9 Å². The monoisotopic (exact) mass is 318 g/mol. The Bertz CT molecular complexity index is 623. The third-order valence-corrected chi connectivity index (χ3v) is 3.38. The zero-order valence-corrected chi connectivity index (χ0v) is 11.6. The number of benzene rings is 2. The van der Waals surface area contributed by atoms with Crippen molar-refractivity contribution in [2.75, 3.05) is 6.61 Å². The molecule has 1 aliphatic heterocycles. The van der Waals surface area contributed by atoms with Gasteiger partial charge in [-0.2, -0.15) is 0 Å². The summed E-state index contributed by atoms with van der Waals surface area (Å²) in [4.78, 5) is 12.2. The maximum absolute atomic E-state index is 12.2. The van der Waals surface area contributed by atoms with Crippen LogP contribution in [0, 0.1) is 0 Å². The fraction of sp³-hybridized carbons (Fsp3) is 0.133. The summed E-state index contributed by atoms with van der Waals surface area (Å²) in [6, 6.07) is 12.7. The molecule has 4 heteroatoms. The van der Waals surface area contributed by atoms with Crippen molar-refractivity contribution < 1.29 is 14.3 Å². The van der Waals surface area contributed by atoms with Gasteiger partial charge in [-0.05, 0) is 29.8 Å². The van der Waals surface area contributed by atoms with Gasteiger partial charge in [-0.25, -0.2) is 4.79 Å². The van der Waals surface area contributed by atoms with Crippen LogP contribution in [-0.2, 0) is 6.42 Å². The topological polar surface area (TPSA) is 35.5 Å². The van der Waals surface area contributed by atoms with Gasteiger partial charge in [0.1, 0.15) is 17.1 Å². The second-order valence-electron chi connectivity index (χ2n) is 4.24. The van der Waals surface area contributed by atoms with Gasteiger partial charge >= 0.3 is 5.97 Å². The fourth-order valence-electron chi connectivity index (χ4n) is 2.07. The summed E-state index contributed by atoms with van der Waals surface area (Å²) in [7, 11) is 0. The molecule has 0 aliphatic carbocycles. The van der Waals surface area contributed by atoms with E-state index in [0.29, 0.717) is 23.7 Å². The number of carbonyl (C=O) groups is 1. The molecule has 2 aromatic rings. The summed E-state index contributed by atoms with van der Waals surface area (Å²) in [5.74, 6) is 0.772. The normalized spacial score (nSPS) is 12.7. The maximum atomic E-state index is 12.2. The summed E-state index contributed by atoms with van der Waals surface area (Å²) in [6.07, 6.45) is 0.820. The van der Waals surface area contributed by atoms with Crippen LogP contribution < -0.4 is 9.47 Å². The molecule has 0 radical (unpaired) electrons. The second kappa shape index (κ2) is 5.05. The minimum Gasteiger partial charge on any atom is -0.492 e. The van der Waals surface area contributed by atoms with Crippen LogP contribution in [0.5, 0.6) is 11.5 Å². The first-order valence-corrected chi connectivity index (χ1v) is 6.76. The lowest BCUT2D eigenvalue weighted by molar-refractivity contribution is 0.0731. The smallest absolute Gasteiger partial charge is 0.347 e. The molecule has 0 spiro atoms. The van der Waals surface area contributed by atoms with Gasteiger partial charge in [0.15, 0.2) is 0 Å². The van der Waals surface area contributed by atoms with Crippen LogP contribution in [-0.4, -0.2) is 12.6 Å². The van der Waals surface area contributed by atoms with Crippen molar-refractivity contribution in [3.8, 4) is 11.5 Å². The lowest BCUT2D eigenvalue weighted by atomic mass is 10.1. The van der Waals surface area contributed by atoms with Crippen LogP contribution in [0.25, 0.3) is 0 Å². The number of hydrogen-bond donors (Lipinski definition) is 0. The van der Waals surface area contributed by atoms with Crippen molar-refractivity contribution in [2.24, 2.45) is 0 Å². The highest BCUT2D eigenvalue weighted by atomic mass is 79.9. The van der Waals surface area contributed by atoms with Crippen LogP contribution in [0.3, 0.4) is 0 Å². The van der Waals surface area contributed by atoms with E-state index in [1.54, 1.807) is 18.2 Å². The molecule has 0 unspecified atom stereocenters. The van der Waals surface area contributed by atoms with Gasteiger partial charge in [0.05, 0.1) is 6.61 Å². The van der Waals surface area contributed by atoms with E-state index >= 15 is 0 Å². The average molecular weight is 319 g/mol. The van der Waals surface area contributed by atoms with Crippen molar-refractivity contribution >= 4 is 21.9 Å². The van der Waals surface area contributed by atoms with Crippen molar-refractivity contribution in [3.05, 3.63) is 58.1 Å². The Morgan fingerprint density at radius 2 is 2.00 bits per heavy atom. The van der Waals surface area contributed by atoms with Gasteiger partial charge in [-0.1, -0.05) is 34.1 Å². The SMILES string of the molecule is O=C(Oc1ccccc1)c1cc(Br)cc2c1OCC2. The van der Waals surface area contributed by atoms with Gasteiger partial charge in [0, 0.05) is 10.9 Å². The van der Waals surface area contributed by atoms with E-state index in [1.165, 1.54) is 0 Å². The zero-order valence-electron chi connectivity index (χ0n) is 10.1. The molecule has 0 bridgehead atoms. The maximum Gasteiger partial charge on any atom is 0.347 e. The number of esters is 1. The largest absolute Gasteiger partial charge is 0.492 e. The molecular weight excluding hydrogens is 308 g/mol. The first kappa shape index (κ1) is 12.2. The Morgan fingerprint density at radius 1 is 1.21 bits per heavy atom. The number of fused-ring (bicyclic) bond motifs is 1. The van der Waals surface area contributed by atoms with Crippen molar-refractivity contribution in [1.82, 2.24) is 0 Å². The van der Waals surface area contributed by atoms with Crippen LogP contribution in [0.15, 0.2) is 46.9 Å². The van der Waals surface area contributed by atoms with E-state index in [9.17, 15) is 4.79 Å². The molecule has 0 fully saturated rings. The quantitative estimate of drug-likeness (QED) is 0.627. The molecule has 0 saturated heterocycles. The molecule has 96 valence electrons. The first-order chi connectivity index (χ1) is 9.24.